The van der Waals surface area contributed by atoms with E-state index in [2.05, 4.69) is 0 Å². The largest absolute Gasteiger partial charge is 0.512 e. The topological polar surface area (TPSA) is 60.8 Å². The van der Waals surface area contributed by atoms with E-state index in [1.807, 2.05) is 49.1 Å². The number of carbonyl (C=O) groups is 1. The third-order valence-electron chi connectivity index (χ3n) is 2.90. The zero-order valence-electron chi connectivity index (χ0n) is 11.5. The Hall–Kier alpha value is -1.81. The molecule has 0 bridgehead atoms. The van der Waals surface area contributed by atoms with Gasteiger partial charge in [0.05, 0.1) is 5.57 Å². The molecular formula is C15H21NO3. The van der Waals surface area contributed by atoms with Gasteiger partial charge in [-0.15, -0.1) is 0 Å². The number of carboxylic acid groups (broad SMARTS) is 1. The molecule has 0 fully saturated rings. The van der Waals surface area contributed by atoms with E-state index in [1.165, 1.54) is 0 Å². The summed E-state index contributed by atoms with van der Waals surface area (Å²) in [6.45, 7) is 5.71. The van der Waals surface area contributed by atoms with Crippen molar-refractivity contribution in [3.05, 3.63) is 47.2 Å². The van der Waals surface area contributed by atoms with Gasteiger partial charge >= 0.3 is 5.97 Å². The summed E-state index contributed by atoms with van der Waals surface area (Å²) < 4.78 is 0. The third-order valence-corrected chi connectivity index (χ3v) is 2.90. The van der Waals surface area contributed by atoms with E-state index in [4.69, 9.17) is 5.11 Å². The van der Waals surface area contributed by atoms with E-state index < -0.39 is 5.97 Å². The highest BCUT2D eigenvalue weighted by Gasteiger charge is 2.23. The molecule has 1 aliphatic heterocycles. The van der Waals surface area contributed by atoms with Crippen molar-refractivity contribution >= 4 is 5.97 Å². The number of rotatable bonds is 3. The zero-order valence-corrected chi connectivity index (χ0v) is 11.5. The molecule has 0 saturated heterocycles. The van der Waals surface area contributed by atoms with Crippen molar-refractivity contribution in [3.63, 3.8) is 0 Å². The van der Waals surface area contributed by atoms with Gasteiger partial charge in [-0.05, 0) is 5.56 Å². The van der Waals surface area contributed by atoms with Gasteiger partial charge < -0.3 is 10.2 Å². The molecule has 104 valence electrons. The maximum Gasteiger partial charge on any atom is 0.336 e. The second-order valence-electron chi connectivity index (χ2n) is 4.18. The molecule has 0 radical (unpaired) electrons. The minimum absolute atomic E-state index is 0.0156. The number of aliphatic carboxylic acids is 1. The quantitative estimate of drug-likeness (QED) is 0.880. The van der Waals surface area contributed by atoms with Gasteiger partial charge in [0.25, 0.3) is 0 Å². The average molecular weight is 263 g/mol. The zero-order chi connectivity index (χ0) is 14.3. The number of aliphatic hydroxyl groups excluding tert-OH is 1. The molecule has 0 saturated carbocycles. The first kappa shape index (κ1) is 15.2. The second-order valence-corrected chi connectivity index (χ2v) is 4.18. The molecule has 2 rings (SSSR count). The van der Waals surface area contributed by atoms with Crippen LogP contribution in [0.5, 0.6) is 0 Å². The third kappa shape index (κ3) is 4.41. The molecule has 4 nitrogen and oxygen atoms in total. The molecule has 0 unspecified atom stereocenters. The standard InChI is InChI=1S/C13H15NO3.C2H6/c15-12-6-7-14(9-11(12)13(16)17)8-10-4-2-1-3-5-10;1-2/h1-5,15H,6-9H2,(H,16,17);1-2H3. The molecule has 1 aromatic carbocycles. The molecule has 0 aromatic heterocycles. The lowest BCUT2D eigenvalue weighted by Crippen LogP contribution is -2.33. The van der Waals surface area contributed by atoms with Gasteiger partial charge in [-0.2, -0.15) is 0 Å². The number of aliphatic hydroxyl groups is 1. The van der Waals surface area contributed by atoms with Crippen molar-refractivity contribution in [2.45, 2.75) is 26.8 Å². The van der Waals surface area contributed by atoms with Gasteiger partial charge in [-0.3, -0.25) is 4.90 Å². The van der Waals surface area contributed by atoms with Crippen LogP contribution in [-0.4, -0.2) is 34.2 Å². The SMILES string of the molecule is CC.O=C(O)C1=C(O)CCN(Cc2ccccc2)C1. The lowest BCUT2D eigenvalue weighted by Gasteiger charge is -2.27. The van der Waals surface area contributed by atoms with Crippen LogP contribution in [0.15, 0.2) is 41.7 Å². The highest BCUT2D eigenvalue weighted by atomic mass is 16.4. The lowest BCUT2D eigenvalue weighted by atomic mass is 10.1. The van der Waals surface area contributed by atoms with Crippen LogP contribution in [0.25, 0.3) is 0 Å². The summed E-state index contributed by atoms with van der Waals surface area (Å²) in [6.07, 6.45) is 0.411. The van der Waals surface area contributed by atoms with E-state index in [-0.39, 0.29) is 11.3 Å². The summed E-state index contributed by atoms with van der Waals surface area (Å²) in [7, 11) is 0. The number of hydrogen-bond donors (Lipinski definition) is 2. The Bertz CT molecular complexity index is 440. The predicted molar refractivity (Wildman–Crippen MR) is 75.0 cm³/mol. The van der Waals surface area contributed by atoms with Crippen LogP contribution < -0.4 is 0 Å². The van der Waals surface area contributed by atoms with E-state index in [0.717, 1.165) is 5.56 Å². The molecule has 0 aliphatic carbocycles. The maximum atomic E-state index is 10.9. The summed E-state index contributed by atoms with van der Waals surface area (Å²) in [4.78, 5) is 12.9. The van der Waals surface area contributed by atoms with E-state index in [9.17, 15) is 9.90 Å². The Morgan fingerprint density at radius 1 is 1.26 bits per heavy atom. The van der Waals surface area contributed by atoms with Crippen molar-refractivity contribution in [2.24, 2.45) is 0 Å². The molecule has 0 amide bonds. The predicted octanol–water partition coefficient (Wildman–Crippen LogP) is 2.82. The first-order valence-electron chi connectivity index (χ1n) is 6.57. The molecule has 4 heteroatoms. The monoisotopic (exact) mass is 263 g/mol. The Labute approximate surface area is 114 Å². The van der Waals surface area contributed by atoms with E-state index in [0.29, 0.717) is 26.1 Å². The Morgan fingerprint density at radius 3 is 2.47 bits per heavy atom. The van der Waals surface area contributed by atoms with Crippen molar-refractivity contribution in [2.75, 3.05) is 13.1 Å². The Balaban J connectivity index is 0.000000861. The van der Waals surface area contributed by atoms with Crippen LogP contribution >= 0.6 is 0 Å². The fourth-order valence-electron chi connectivity index (χ4n) is 1.98. The summed E-state index contributed by atoms with van der Waals surface area (Å²) in [5.41, 5.74) is 1.27. The van der Waals surface area contributed by atoms with Crippen molar-refractivity contribution in [1.82, 2.24) is 4.90 Å². The molecule has 0 atom stereocenters. The van der Waals surface area contributed by atoms with Gasteiger partial charge in [0.1, 0.15) is 5.76 Å². The fraction of sp³-hybridized carbons (Fsp3) is 0.400. The number of hydrogen-bond acceptors (Lipinski definition) is 3. The first-order chi connectivity index (χ1) is 9.16. The molecule has 2 N–H and O–H groups in total. The van der Waals surface area contributed by atoms with Gasteiger partial charge in [-0.1, -0.05) is 44.2 Å². The van der Waals surface area contributed by atoms with Gasteiger partial charge in [0.2, 0.25) is 0 Å². The van der Waals surface area contributed by atoms with Crippen LogP contribution in [0, 0.1) is 0 Å². The Morgan fingerprint density at radius 2 is 1.89 bits per heavy atom. The summed E-state index contributed by atoms with van der Waals surface area (Å²) in [5.74, 6) is -1.01. The van der Waals surface area contributed by atoms with Gasteiger partial charge in [0.15, 0.2) is 0 Å². The van der Waals surface area contributed by atoms with Crippen molar-refractivity contribution < 1.29 is 15.0 Å². The molecular weight excluding hydrogens is 242 g/mol. The van der Waals surface area contributed by atoms with Crippen LogP contribution in [-0.2, 0) is 11.3 Å². The number of carboxylic acids is 1. The second kappa shape index (κ2) is 7.59. The van der Waals surface area contributed by atoms with Gasteiger partial charge in [0, 0.05) is 26.1 Å². The first-order valence-corrected chi connectivity index (χ1v) is 6.57. The van der Waals surface area contributed by atoms with Gasteiger partial charge in [-0.25, -0.2) is 4.79 Å². The molecule has 1 aromatic rings. The summed E-state index contributed by atoms with van der Waals surface area (Å²) >= 11 is 0. The van der Waals surface area contributed by atoms with Crippen LogP contribution in [0.3, 0.4) is 0 Å². The average Bonchev–Trinajstić information content (AvgIpc) is 2.44. The van der Waals surface area contributed by atoms with Crippen LogP contribution in [0.4, 0.5) is 0 Å². The smallest absolute Gasteiger partial charge is 0.336 e. The summed E-state index contributed by atoms with van der Waals surface area (Å²) in [6, 6.07) is 9.90. The minimum Gasteiger partial charge on any atom is -0.512 e. The summed E-state index contributed by atoms with van der Waals surface area (Å²) in [5, 5.41) is 18.4. The van der Waals surface area contributed by atoms with Crippen LogP contribution in [0.1, 0.15) is 25.8 Å². The maximum absolute atomic E-state index is 10.9. The molecule has 1 aliphatic rings. The number of benzene rings is 1. The van der Waals surface area contributed by atoms with Crippen LogP contribution in [0.2, 0.25) is 0 Å². The Kier molecular flexibility index (Phi) is 6.09. The molecule has 1 heterocycles. The highest BCUT2D eigenvalue weighted by Crippen LogP contribution is 2.17. The van der Waals surface area contributed by atoms with E-state index >= 15 is 0 Å². The fourth-order valence-corrected chi connectivity index (χ4v) is 1.98. The molecule has 0 spiro atoms. The van der Waals surface area contributed by atoms with E-state index in [1.54, 1.807) is 0 Å². The normalized spacial score (nSPS) is 15.7. The minimum atomic E-state index is -1.03. The number of nitrogens with zero attached hydrogens (tertiary/aromatic N) is 1. The van der Waals surface area contributed by atoms with Crippen molar-refractivity contribution in [3.8, 4) is 0 Å². The highest BCUT2D eigenvalue weighted by molar-refractivity contribution is 5.87. The lowest BCUT2D eigenvalue weighted by molar-refractivity contribution is -0.133. The van der Waals surface area contributed by atoms with Crippen molar-refractivity contribution in [1.29, 1.82) is 0 Å². The molecule has 19 heavy (non-hydrogen) atoms.